The van der Waals surface area contributed by atoms with Crippen LogP contribution in [0.3, 0.4) is 0 Å². The Hall–Kier alpha value is -2.53. The number of hydrogen-bond donors (Lipinski definition) is 0. The highest BCUT2D eigenvalue weighted by Gasteiger charge is 2.31. The Kier molecular flexibility index (Phi) is 4.55. The molecule has 26 heavy (non-hydrogen) atoms. The summed E-state index contributed by atoms with van der Waals surface area (Å²) in [5, 5.41) is 0. The minimum absolute atomic E-state index is 0.0870. The molecular formula is C21H24N2O3. The summed E-state index contributed by atoms with van der Waals surface area (Å²) in [6.45, 7) is 3.85. The lowest BCUT2D eigenvalue weighted by Gasteiger charge is -2.33. The second-order valence-electron chi connectivity index (χ2n) is 6.98. The lowest BCUT2D eigenvalue weighted by Crippen LogP contribution is -2.49. The van der Waals surface area contributed by atoms with E-state index < -0.39 is 0 Å². The van der Waals surface area contributed by atoms with Crippen molar-refractivity contribution in [1.29, 1.82) is 0 Å². The van der Waals surface area contributed by atoms with Gasteiger partial charge in [0.1, 0.15) is 12.7 Å². The molecular weight excluding hydrogens is 328 g/mol. The maximum Gasteiger partial charge on any atom is 0.244 e. The van der Waals surface area contributed by atoms with Crippen molar-refractivity contribution in [3.05, 3.63) is 54.1 Å². The van der Waals surface area contributed by atoms with Gasteiger partial charge < -0.3 is 14.4 Å². The van der Waals surface area contributed by atoms with Crippen LogP contribution in [-0.2, 0) is 11.2 Å². The average Bonchev–Trinajstić information content (AvgIpc) is 3.11. The van der Waals surface area contributed by atoms with E-state index in [4.69, 9.17) is 9.47 Å². The summed E-state index contributed by atoms with van der Waals surface area (Å²) in [5.41, 5.74) is 2.29. The van der Waals surface area contributed by atoms with Crippen LogP contribution in [0.1, 0.15) is 12.5 Å². The van der Waals surface area contributed by atoms with E-state index in [-0.39, 0.29) is 18.1 Å². The van der Waals surface area contributed by atoms with Gasteiger partial charge in [-0.25, -0.2) is 0 Å². The molecule has 0 N–H and O–H groups in total. The first-order valence-electron chi connectivity index (χ1n) is 9.11. The highest BCUT2D eigenvalue weighted by atomic mass is 16.6. The number of fused-ring (bicyclic) bond motifs is 2. The van der Waals surface area contributed by atoms with Gasteiger partial charge >= 0.3 is 0 Å². The van der Waals surface area contributed by atoms with Crippen molar-refractivity contribution in [3.63, 3.8) is 0 Å². The number of amides is 1. The van der Waals surface area contributed by atoms with Crippen molar-refractivity contribution in [2.24, 2.45) is 0 Å². The van der Waals surface area contributed by atoms with Crippen molar-refractivity contribution in [1.82, 2.24) is 4.90 Å². The third-order valence-corrected chi connectivity index (χ3v) is 5.23. The van der Waals surface area contributed by atoms with Crippen LogP contribution in [-0.4, -0.2) is 49.7 Å². The third-order valence-electron chi connectivity index (χ3n) is 5.23. The number of para-hydroxylation sites is 3. The lowest BCUT2D eigenvalue weighted by molar-refractivity contribution is -0.123. The van der Waals surface area contributed by atoms with E-state index in [1.54, 1.807) is 0 Å². The molecule has 0 spiro atoms. The van der Waals surface area contributed by atoms with E-state index in [1.165, 1.54) is 5.56 Å². The highest BCUT2D eigenvalue weighted by Crippen LogP contribution is 2.31. The molecule has 2 aliphatic heterocycles. The van der Waals surface area contributed by atoms with Crippen LogP contribution in [0.25, 0.3) is 0 Å². The molecule has 1 amide bonds. The predicted molar refractivity (Wildman–Crippen MR) is 101 cm³/mol. The molecule has 0 unspecified atom stereocenters. The average molecular weight is 352 g/mol. The van der Waals surface area contributed by atoms with Crippen LogP contribution in [0.5, 0.6) is 11.5 Å². The molecule has 0 aliphatic carbocycles. The zero-order valence-electron chi connectivity index (χ0n) is 15.2. The Morgan fingerprint density at radius 1 is 1.19 bits per heavy atom. The zero-order chi connectivity index (χ0) is 18.1. The van der Waals surface area contributed by atoms with E-state index in [2.05, 4.69) is 6.07 Å². The summed E-state index contributed by atoms with van der Waals surface area (Å²) in [5.74, 6) is 1.68. The summed E-state index contributed by atoms with van der Waals surface area (Å²) in [7, 11) is 1.97. The molecule has 2 aromatic rings. The molecule has 5 nitrogen and oxygen atoms in total. The molecule has 2 aromatic carbocycles. The topological polar surface area (TPSA) is 42.0 Å². The maximum atomic E-state index is 13.0. The van der Waals surface area contributed by atoms with E-state index in [1.807, 2.05) is 66.2 Å². The Labute approximate surface area is 154 Å². The lowest BCUT2D eigenvalue weighted by atomic mass is 10.1. The van der Waals surface area contributed by atoms with Gasteiger partial charge in [-0.15, -0.1) is 0 Å². The molecule has 0 saturated heterocycles. The Bertz CT molecular complexity index is 807. The second kappa shape index (κ2) is 7.00. The number of anilines is 1. The van der Waals surface area contributed by atoms with Gasteiger partial charge in [-0.05, 0) is 44.2 Å². The summed E-state index contributed by atoms with van der Waals surface area (Å²) >= 11 is 0. The minimum Gasteiger partial charge on any atom is -0.486 e. The smallest absolute Gasteiger partial charge is 0.244 e. The summed E-state index contributed by atoms with van der Waals surface area (Å²) in [6, 6.07) is 15.6. The summed E-state index contributed by atoms with van der Waals surface area (Å²) in [6.07, 6.45) is 0.838. The number of carbonyl (C=O) groups excluding carboxylic acids is 1. The molecule has 2 heterocycles. The number of nitrogens with zero attached hydrogens (tertiary/aromatic N) is 2. The first-order chi connectivity index (χ1) is 12.6. The van der Waals surface area contributed by atoms with Gasteiger partial charge in [0.15, 0.2) is 11.5 Å². The fourth-order valence-corrected chi connectivity index (χ4v) is 3.61. The van der Waals surface area contributed by atoms with Crippen LogP contribution in [0, 0.1) is 0 Å². The van der Waals surface area contributed by atoms with Gasteiger partial charge in [0, 0.05) is 18.8 Å². The first-order valence-corrected chi connectivity index (χ1v) is 9.11. The van der Waals surface area contributed by atoms with Crippen LogP contribution >= 0.6 is 0 Å². The van der Waals surface area contributed by atoms with E-state index in [0.717, 1.165) is 30.2 Å². The SMILES string of the molecule is C[C@@H](C(=O)N1CCc2ccccc21)N(C)C[C@@H]1COc2ccccc2O1. The largest absolute Gasteiger partial charge is 0.486 e. The fourth-order valence-electron chi connectivity index (χ4n) is 3.61. The summed E-state index contributed by atoms with van der Waals surface area (Å²) in [4.78, 5) is 17.0. The molecule has 2 aliphatic rings. The second-order valence-corrected chi connectivity index (χ2v) is 6.98. The van der Waals surface area contributed by atoms with Crippen LogP contribution in [0.4, 0.5) is 5.69 Å². The number of benzene rings is 2. The van der Waals surface area contributed by atoms with E-state index in [0.29, 0.717) is 13.2 Å². The van der Waals surface area contributed by atoms with Gasteiger partial charge in [0.2, 0.25) is 5.91 Å². The number of likely N-dealkylation sites (N-methyl/N-ethyl adjacent to an activating group) is 1. The van der Waals surface area contributed by atoms with Crippen molar-refractivity contribution >= 4 is 11.6 Å². The van der Waals surface area contributed by atoms with Crippen LogP contribution in [0.15, 0.2) is 48.5 Å². The Balaban J connectivity index is 1.39. The number of hydrogen-bond acceptors (Lipinski definition) is 4. The Morgan fingerprint density at radius 3 is 2.77 bits per heavy atom. The minimum atomic E-state index is -0.220. The van der Waals surface area contributed by atoms with Crippen LogP contribution < -0.4 is 14.4 Å². The van der Waals surface area contributed by atoms with Crippen molar-refractivity contribution in [2.75, 3.05) is 31.6 Å². The fraction of sp³-hybridized carbons (Fsp3) is 0.381. The molecule has 0 bridgehead atoms. The monoisotopic (exact) mass is 352 g/mol. The molecule has 0 aromatic heterocycles. The highest BCUT2D eigenvalue weighted by molar-refractivity contribution is 5.98. The maximum absolute atomic E-state index is 13.0. The quantitative estimate of drug-likeness (QED) is 0.849. The number of rotatable bonds is 4. The zero-order valence-corrected chi connectivity index (χ0v) is 15.2. The predicted octanol–water partition coefficient (Wildman–Crippen LogP) is 2.74. The molecule has 0 fully saturated rings. The number of carbonyl (C=O) groups is 1. The Morgan fingerprint density at radius 2 is 1.92 bits per heavy atom. The van der Waals surface area contributed by atoms with E-state index in [9.17, 15) is 4.79 Å². The van der Waals surface area contributed by atoms with Crippen LogP contribution in [0.2, 0.25) is 0 Å². The van der Waals surface area contributed by atoms with Gasteiger partial charge in [-0.3, -0.25) is 9.69 Å². The number of ether oxygens (including phenoxy) is 2. The molecule has 0 radical (unpaired) electrons. The van der Waals surface area contributed by atoms with Crippen molar-refractivity contribution < 1.29 is 14.3 Å². The van der Waals surface area contributed by atoms with Crippen molar-refractivity contribution in [3.8, 4) is 11.5 Å². The molecule has 2 atom stereocenters. The van der Waals surface area contributed by atoms with Gasteiger partial charge in [0.05, 0.1) is 6.04 Å². The molecule has 4 rings (SSSR count). The normalized spacial score (nSPS) is 19.3. The van der Waals surface area contributed by atoms with Gasteiger partial charge in [0.25, 0.3) is 0 Å². The van der Waals surface area contributed by atoms with Gasteiger partial charge in [-0.2, -0.15) is 0 Å². The van der Waals surface area contributed by atoms with E-state index >= 15 is 0 Å². The van der Waals surface area contributed by atoms with Gasteiger partial charge in [-0.1, -0.05) is 30.3 Å². The standard InChI is InChI=1S/C21H24N2O3/c1-15(21(24)23-12-11-16-7-3-4-8-18(16)23)22(2)13-17-14-25-19-9-5-6-10-20(19)26-17/h3-10,15,17H,11-14H2,1-2H3/t15-,17+/m0/s1. The molecule has 0 saturated carbocycles. The first kappa shape index (κ1) is 16.9. The summed E-state index contributed by atoms with van der Waals surface area (Å²) < 4.78 is 11.8. The van der Waals surface area contributed by atoms with Crippen molar-refractivity contribution in [2.45, 2.75) is 25.5 Å². The third kappa shape index (κ3) is 3.15. The molecule has 5 heteroatoms. The molecule has 136 valence electrons.